The summed E-state index contributed by atoms with van der Waals surface area (Å²) in [6.07, 6.45) is 13.9. The van der Waals surface area contributed by atoms with Crippen LogP contribution in [0.25, 0.3) is 11.1 Å². The molecule has 3 nitrogen and oxygen atoms in total. The van der Waals surface area contributed by atoms with Gasteiger partial charge in [-0.2, -0.15) is 0 Å². The van der Waals surface area contributed by atoms with Crippen LogP contribution in [0.15, 0.2) is 84.9 Å². The van der Waals surface area contributed by atoms with Gasteiger partial charge in [-0.25, -0.2) is 0 Å². The number of anilines is 5. The Morgan fingerprint density at radius 3 is 1.96 bits per heavy atom. The van der Waals surface area contributed by atoms with Gasteiger partial charge in [-0.15, -0.1) is 0 Å². The fourth-order valence-corrected chi connectivity index (χ4v) is 17.2. The molecule has 68 heavy (non-hydrogen) atoms. The second kappa shape index (κ2) is 13.7. The van der Waals surface area contributed by atoms with Crippen molar-refractivity contribution in [1.29, 1.82) is 0 Å². The van der Waals surface area contributed by atoms with Crippen LogP contribution in [0, 0.1) is 6.92 Å². The topological polar surface area (TPSA) is 9.72 Å². The first-order valence-corrected chi connectivity index (χ1v) is 27.2. The van der Waals surface area contributed by atoms with Crippen molar-refractivity contribution in [3.05, 3.63) is 124 Å². The van der Waals surface area contributed by atoms with Crippen molar-refractivity contribution in [2.24, 2.45) is 0 Å². The van der Waals surface area contributed by atoms with E-state index in [1.807, 2.05) is 0 Å². The van der Waals surface area contributed by atoms with Crippen LogP contribution in [0.2, 0.25) is 5.82 Å². The van der Waals surface area contributed by atoms with E-state index in [1.54, 1.807) is 33.4 Å². The normalized spacial score (nSPS) is 31.3. The largest absolute Gasteiger partial charge is 0.362 e. The first-order valence-electron chi connectivity index (χ1n) is 27.2. The number of hydrogen-bond donors (Lipinski definition) is 0. The van der Waals surface area contributed by atoms with Gasteiger partial charge in [-0.1, -0.05) is 156 Å². The van der Waals surface area contributed by atoms with E-state index in [-0.39, 0.29) is 38.2 Å². The maximum Gasteiger partial charge on any atom is 0.222 e. The number of nitrogens with zero attached hydrogens (tertiary/aromatic N) is 3. The summed E-state index contributed by atoms with van der Waals surface area (Å²) in [6, 6.07) is 36.2. The third-order valence-electron chi connectivity index (χ3n) is 21.4. The van der Waals surface area contributed by atoms with E-state index in [2.05, 4.69) is 190 Å². The highest BCUT2D eigenvalue weighted by molar-refractivity contribution is 6.91. The van der Waals surface area contributed by atoms with Crippen LogP contribution in [0.4, 0.5) is 28.4 Å². The first kappa shape index (κ1) is 43.6. The number of benzene rings is 5. The van der Waals surface area contributed by atoms with E-state index in [9.17, 15) is 0 Å². The van der Waals surface area contributed by atoms with Crippen molar-refractivity contribution in [1.82, 2.24) is 0 Å². The quantitative estimate of drug-likeness (QED) is 0.164. The van der Waals surface area contributed by atoms with Gasteiger partial charge in [0.1, 0.15) is 0 Å². The maximum absolute atomic E-state index is 3.08. The van der Waals surface area contributed by atoms with Crippen molar-refractivity contribution >= 4 is 46.1 Å². The van der Waals surface area contributed by atoms with Crippen LogP contribution in [-0.4, -0.2) is 29.9 Å². The van der Waals surface area contributed by atoms with Gasteiger partial charge in [-0.3, -0.25) is 0 Å². The molecule has 4 heteroatoms. The Kier molecular flexibility index (Phi) is 8.78. The summed E-state index contributed by atoms with van der Waals surface area (Å²) >= 11 is 0. The summed E-state index contributed by atoms with van der Waals surface area (Å²) in [5, 5.41) is 0. The predicted octanol–water partition coefficient (Wildman–Crippen LogP) is 15.1. The zero-order valence-corrected chi connectivity index (χ0v) is 44.0. The zero-order chi connectivity index (χ0) is 47.5. The summed E-state index contributed by atoms with van der Waals surface area (Å²) in [7, 11) is 0. The van der Waals surface area contributed by atoms with Crippen molar-refractivity contribution < 1.29 is 0 Å². The molecule has 0 radical (unpaired) electrons. The van der Waals surface area contributed by atoms with Gasteiger partial charge in [-0.05, 0) is 167 Å². The lowest BCUT2D eigenvalue weighted by Crippen LogP contribution is -2.67. The summed E-state index contributed by atoms with van der Waals surface area (Å²) in [5.74, 6) is 0.484. The Morgan fingerprint density at radius 1 is 0.574 bits per heavy atom. The smallest absolute Gasteiger partial charge is 0.222 e. The molecule has 0 spiro atoms. The second-order valence-electron chi connectivity index (χ2n) is 27.2. The Hall–Kier alpha value is -4.44. The lowest BCUT2D eigenvalue weighted by atomic mass is 9.27. The fourth-order valence-electron chi connectivity index (χ4n) is 17.2. The van der Waals surface area contributed by atoms with E-state index in [0.29, 0.717) is 24.6 Å². The molecule has 0 aromatic heterocycles. The third-order valence-corrected chi connectivity index (χ3v) is 21.4. The molecule has 13 rings (SSSR count). The van der Waals surface area contributed by atoms with Crippen LogP contribution in [0.5, 0.6) is 0 Å². The Labute approximate surface area is 410 Å². The molecule has 5 aromatic carbocycles. The van der Waals surface area contributed by atoms with Crippen LogP contribution < -0.4 is 25.6 Å². The summed E-state index contributed by atoms with van der Waals surface area (Å²) in [4.78, 5) is 9.01. The van der Waals surface area contributed by atoms with Crippen molar-refractivity contribution in [2.75, 3.05) is 14.7 Å². The average molecular weight is 900 g/mol. The number of hydrogen-bond acceptors (Lipinski definition) is 3. The molecule has 4 aliphatic heterocycles. The van der Waals surface area contributed by atoms with E-state index < -0.39 is 0 Å². The molecule has 0 amide bonds. The highest BCUT2D eigenvalue weighted by atomic mass is 15.3. The number of fused-ring (bicyclic) bond motifs is 13. The lowest BCUT2D eigenvalue weighted by molar-refractivity contribution is 0.163. The molecular weight excluding hydrogens is 822 g/mol. The zero-order valence-electron chi connectivity index (χ0n) is 44.0. The molecule has 4 aliphatic carbocycles. The molecule has 7 unspecified atom stereocenters. The van der Waals surface area contributed by atoms with Gasteiger partial charge >= 0.3 is 0 Å². The van der Waals surface area contributed by atoms with E-state index in [4.69, 9.17) is 0 Å². The van der Waals surface area contributed by atoms with Crippen LogP contribution in [0.1, 0.15) is 193 Å². The fraction of sp³-hybridized carbons (Fsp3) is 0.531. The van der Waals surface area contributed by atoms with Crippen LogP contribution >= 0.6 is 0 Å². The molecule has 0 bridgehead atoms. The van der Waals surface area contributed by atoms with Gasteiger partial charge < -0.3 is 14.7 Å². The Bertz CT molecular complexity index is 2980. The minimum absolute atomic E-state index is 0.0195. The van der Waals surface area contributed by atoms with E-state index >= 15 is 0 Å². The van der Waals surface area contributed by atoms with Gasteiger partial charge in [0.2, 0.25) is 6.71 Å². The molecular formula is C64H78BN3. The van der Waals surface area contributed by atoms with Crippen molar-refractivity contribution in [3.8, 4) is 11.1 Å². The van der Waals surface area contributed by atoms with Crippen LogP contribution in [-0.2, 0) is 27.1 Å². The Balaban J connectivity index is 1.05. The Morgan fingerprint density at radius 2 is 1.22 bits per heavy atom. The van der Waals surface area contributed by atoms with Gasteiger partial charge in [0.25, 0.3) is 0 Å². The number of rotatable bonds is 2. The lowest BCUT2D eigenvalue weighted by Gasteiger charge is -2.58. The highest BCUT2D eigenvalue weighted by Crippen LogP contribution is 2.65. The van der Waals surface area contributed by atoms with Crippen molar-refractivity contribution in [2.45, 2.75) is 217 Å². The molecule has 4 heterocycles. The minimum atomic E-state index is -0.0272. The molecule has 0 saturated heterocycles. The highest BCUT2D eigenvalue weighted by Gasteiger charge is 2.64. The molecule has 7 atom stereocenters. The molecule has 5 aromatic rings. The molecule has 352 valence electrons. The molecule has 3 fully saturated rings. The SMILES string of the molecule is Cc1cc2c3c(c1)N1c4c(cc(C(C)(C)C)cc4C4(C)CCCCC14C)B3C1CCC(N3c4ccc(C(C)(C)C)cc4C4(C)CCCCC34C)CC1N2c1ccc2c(c1)-c1ccccc1C2(C)C. The molecule has 8 aliphatic rings. The standard InChI is InChI=1S/C64H78BN3/c1-39-32-54-56-55(33-39)68-57-49(62(11)29-17-19-31-64(62,68)13)35-41(59(5,6)7)36-51(57)65(56)50-26-24-43(67-52-27-22-40(58(2,3)4)34-48(52)61(10)28-16-18-30-63(61,67)12)38-53(50)66(54)42-23-25-47-45(37-42)44-20-14-15-21-46(44)60(47,8)9/h14-15,20-23,25,27,32-37,43,50,53H,16-19,24,26,28-31,38H2,1-13H3. The monoisotopic (exact) mass is 900 g/mol. The summed E-state index contributed by atoms with van der Waals surface area (Å²) in [6.45, 7) is 32.9. The number of aryl methyl sites for hydroxylation is 1. The van der Waals surface area contributed by atoms with E-state index in [0.717, 1.165) is 6.42 Å². The second-order valence-corrected chi connectivity index (χ2v) is 27.2. The maximum atomic E-state index is 3.08. The molecule has 3 saturated carbocycles. The third kappa shape index (κ3) is 5.34. The van der Waals surface area contributed by atoms with E-state index in [1.165, 1.54) is 120 Å². The van der Waals surface area contributed by atoms with Gasteiger partial charge in [0.05, 0.1) is 5.54 Å². The van der Waals surface area contributed by atoms with Crippen LogP contribution in [0.3, 0.4) is 0 Å². The minimum Gasteiger partial charge on any atom is -0.362 e. The first-order chi connectivity index (χ1) is 32.1. The average Bonchev–Trinajstić information content (AvgIpc) is 3.75. The summed E-state index contributed by atoms with van der Waals surface area (Å²) in [5.41, 5.74) is 24.7. The van der Waals surface area contributed by atoms with Gasteiger partial charge in [0.15, 0.2) is 0 Å². The van der Waals surface area contributed by atoms with Gasteiger partial charge in [0, 0.05) is 62.3 Å². The van der Waals surface area contributed by atoms with Crippen molar-refractivity contribution in [3.63, 3.8) is 0 Å². The molecule has 0 N–H and O–H groups in total. The predicted molar refractivity (Wildman–Crippen MR) is 291 cm³/mol. The summed E-state index contributed by atoms with van der Waals surface area (Å²) < 4.78 is 0.